The van der Waals surface area contributed by atoms with Crippen LogP contribution in [0.15, 0.2) is 77.3 Å². The zero-order valence-corrected chi connectivity index (χ0v) is 16.7. The molecule has 0 saturated carbocycles. The second-order valence-corrected chi connectivity index (χ2v) is 6.66. The van der Waals surface area contributed by atoms with Gasteiger partial charge in [-0.25, -0.2) is 0 Å². The Morgan fingerprint density at radius 1 is 0.733 bits per heavy atom. The molecule has 4 rings (SSSR count). The maximum Gasteiger partial charge on any atom is 0.174 e. The van der Waals surface area contributed by atoms with E-state index in [1.54, 1.807) is 26.4 Å². The second kappa shape index (κ2) is 8.57. The van der Waals surface area contributed by atoms with Gasteiger partial charge in [0.25, 0.3) is 0 Å². The minimum atomic E-state index is 0.231. The summed E-state index contributed by atoms with van der Waals surface area (Å²) in [4.78, 5) is 0. The Hall–Kier alpha value is -3.99. The molecule has 150 valence electrons. The Balaban J connectivity index is 1.79. The number of phenolic OH excluding ortho intramolecular Hbond substituents is 1. The summed E-state index contributed by atoms with van der Waals surface area (Å²) in [6.07, 6.45) is 3.94. The molecule has 5 nitrogen and oxygen atoms in total. The number of aromatic hydroxyl groups is 1. The summed E-state index contributed by atoms with van der Waals surface area (Å²) in [7, 11) is 3.27. The average molecular weight is 399 g/mol. The Morgan fingerprint density at radius 3 is 1.87 bits per heavy atom. The lowest BCUT2D eigenvalue weighted by Gasteiger charge is -2.04. The van der Waals surface area contributed by atoms with Gasteiger partial charge in [-0.3, -0.25) is 0 Å². The van der Waals surface area contributed by atoms with Crippen molar-refractivity contribution in [3.05, 3.63) is 83.9 Å². The number of benzene rings is 3. The molecule has 4 aromatic rings. The van der Waals surface area contributed by atoms with E-state index in [4.69, 9.17) is 14.0 Å². The van der Waals surface area contributed by atoms with Gasteiger partial charge in [-0.2, -0.15) is 0 Å². The maximum atomic E-state index is 9.51. The van der Waals surface area contributed by atoms with Crippen LogP contribution in [0, 0.1) is 0 Å². The molecule has 0 unspecified atom stereocenters. The number of hydrogen-bond donors (Lipinski definition) is 1. The molecule has 1 heterocycles. The van der Waals surface area contributed by atoms with Crippen LogP contribution in [0.5, 0.6) is 17.2 Å². The van der Waals surface area contributed by atoms with Crippen LogP contribution in [0.4, 0.5) is 0 Å². The first-order chi connectivity index (χ1) is 14.7. The van der Waals surface area contributed by atoms with E-state index < -0.39 is 0 Å². The summed E-state index contributed by atoms with van der Waals surface area (Å²) in [5.41, 5.74) is 4.37. The molecule has 0 amide bonds. The highest BCUT2D eigenvalue weighted by Gasteiger charge is 2.17. The average Bonchev–Trinajstić information content (AvgIpc) is 3.22. The molecule has 0 fully saturated rings. The normalized spacial score (nSPS) is 11.0. The van der Waals surface area contributed by atoms with E-state index in [9.17, 15) is 5.11 Å². The summed E-state index contributed by atoms with van der Waals surface area (Å²) in [6, 6.07) is 22.3. The van der Waals surface area contributed by atoms with Crippen molar-refractivity contribution in [3.8, 4) is 39.8 Å². The standard InChI is InChI=1S/C25H21NO4/c1-28-21-12-6-18(7-13-21)24-23(16-5-17-3-10-20(27)11-4-17)25(30-26-24)19-8-14-22(29-2)15-9-19/h3-16,27H,1-2H3/b16-5+. The predicted octanol–water partition coefficient (Wildman–Crippen LogP) is 5.90. The molecule has 0 bridgehead atoms. The molecule has 3 aromatic carbocycles. The SMILES string of the molecule is COc1ccc(-c2noc(-c3ccc(OC)cc3)c2/C=C/c2ccc(O)cc2)cc1. The second-order valence-electron chi connectivity index (χ2n) is 6.66. The van der Waals surface area contributed by atoms with Gasteiger partial charge in [0.05, 0.1) is 19.8 Å². The predicted molar refractivity (Wildman–Crippen MR) is 118 cm³/mol. The Bertz CT molecular complexity index is 1080. The summed E-state index contributed by atoms with van der Waals surface area (Å²) in [5.74, 6) is 2.45. The van der Waals surface area contributed by atoms with E-state index in [1.807, 2.05) is 72.8 Å². The molecule has 5 heteroatoms. The van der Waals surface area contributed by atoms with Gasteiger partial charge in [-0.05, 0) is 72.3 Å². The molecule has 0 aliphatic heterocycles. The Labute approximate surface area is 174 Å². The van der Waals surface area contributed by atoms with E-state index in [-0.39, 0.29) is 5.75 Å². The van der Waals surface area contributed by atoms with Crippen LogP contribution in [0.3, 0.4) is 0 Å². The van der Waals surface area contributed by atoms with Crippen LogP contribution >= 0.6 is 0 Å². The molecule has 0 radical (unpaired) electrons. The third-order valence-corrected chi connectivity index (χ3v) is 4.78. The number of hydrogen-bond acceptors (Lipinski definition) is 5. The van der Waals surface area contributed by atoms with Gasteiger partial charge in [0.2, 0.25) is 0 Å². The van der Waals surface area contributed by atoms with Crippen molar-refractivity contribution in [2.24, 2.45) is 0 Å². The monoisotopic (exact) mass is 399 g/mol. The molecule has 0 atom stereocenters. The summed E-state index contributed by atoms with van der Waals surface area (Å²) < 4.78 is 16.3. The maximum absolute atomic E-state index is 9.51. The largest absolute Gasteiger partial charge is 0.508 e. The van der Waals surface area contributed by atoms with Crippen LogP contribution < -0.4 is 9.47 Å². The van der Waals surface area contributed by atoms with Crippen LogP contribution in [0.1, 0.15) is 11.1 Å². The number of aromatic nitrogens is 1. The molecular weight excluding hydrogens is 378 g/mol. The van der Waals surface area contributed by atoms with Gasteiger partial charge < -0.3 is 19.1 Å². The third-order valence-electron chi connectivity index (χ3n) is 4.78. The Kier molecular flexibility index (Phi) is 5.52. The summed E-state index contributed by atoms with van der Waals surface area (Å²) >= 11 is 0. The van der Waals surface area contributed by atoms with Gasteiger partial charge in [0.15, 0.2) is 5.76 Å². The molecule has 30 heavy (non-hydrogen) atoms. The summed E-state index contributed by atoms with van der Waals surface area (Å²) in [6.45, 7) is 0. The number of methoxy groups -OCH3 is 2. The molecule has 0 saturated heterocycles. The van der Waals surface area contributed by atoms with Crippen molar-refractivity contribution in [2.45, 2.75) is 0 Å². The highest BCUT2D eigenvalue weighted by molar-refractivity contribution is 5.86. The van der Waals surface area contributed by atoms with Crippen LogP contribution in [-0.4, -0.2) is 24.5 Å². The lowest BCUT2D eigenvalue weighted by Crippen LogP contribution is -1.86. The van der Waals surface area contributed by atoms with Crippen LogP contribution in [0.25, 0.3) is 34.7 Å². The minimum absolute atomic E-state index is 0.231. The van der Waals surface area contributed by atoms with Crippen molar-refractivity contribution in [1.82, 2.24) is 5.16 Å². The zero-order chi connectivity index (χ0) is 20.9. The van der Waals surface area contributed by atoms with Gasteiger partial charge in [-0.15, -0.1) is 0 Å². The molecule has 1 aromatic heterocycles. The van der Waals surface area contributed by atoms with Crippen molar-refractivity contribution >= 4 is 12.2 Å². The number of phenols is 1. The lowest BCUT2D eigenvalue weighted by molar-refractivity contribution is 0.414. The molecule has 0 spiro atoms. The Morgan fingerprint density at radius 2 is 1.30 bits per heavy atom. The van der Waals surface area contributed by atoms with Gasteiger partial charge in [-0.1, -0.05) is 23.4 Å². The number of nitrogens with zero attached hydrogens (tertiary/aromatic N) is 1. The first-order valence-electron chi connectivity index (χ1n) is 9.43. The van der Waals surface area contributed by atoms with E-state index >= 15 is 0 Å². The highest BCUT2D eigenvalue weighted by atomic mass is 16.5. The first kappa shape index (κ1) is 19.3. The highest BCUT2D eigenvalue weighted by Crippen LogP contribution is 2.35. The molecule has 0 aliphatic rings. The third kappa shape index (κ3) is 4.05. The van der Waals surface area contributed by atoms with Crippen molar-refractivity contribution < 1.29 is 19.1 Å². The van der Waals surface area contributed by atoms with Gasteiger partial charge >= 0.3 is 0 Å². The van der Waals surface area contributed by atoms with E-state index in [0.29, 0.717) is 5.76 Å². The van der Waals surface area contributed by atoms with E-state index in [0.717, 1.165) is 39.4 Å². The fraction of sp³-hybridized carbons (Fsp3) is 0.0800. The zero-order valence-electron chi connectivity index (χ0n) is 16.7. The fourth-order valence-corrected chi connectivity index (χ4v) is 3.12. The van der Waals surface area contributed by atoms with E-state index in [2.05, 4.69) is 5.16 Å². The number of rotatable bonds is 6. The fourth-order valence-electron chi connectivity index (χ4n) is 3.12. The lowest BCUT2D eigenvalue weighted by atomic mass is 10.0. The number of ether oxygens (including phenoxy) is 2. The topological polar surface area (TPSA) is 64.7 Å². The van der Waals surface area contributed by atoms with Gasteiger partial charge in [0, 0.05) is 11.1 Å². The molecule has 1 N–H and O–H groups in total. The van der Waals surface area contributed by atoms with Crippen molar-refractivity contribution in [3.63, 3.8) is 0 Å². The molecular formula is C25H21NO4. The van der Waals surface area contributed by atoms with Crippen LogP contribution in [-0.2, 0) is 0 Å². The minimum Gasteiger partial charge on any atom is -0.508 e. The van der Waals surface area contributed by atoms with E-state index in [1.165, 1.54) is 0 Å². The van der Waals surface area contributed by atoms with Crippen molar-refractivity contribution in [1.29, 1.82) is 0 Å². The quantitative estimate of drug-likeness (QED) is 0.437. The van der Waals surface area contributed by atoms with Crippen LogP contribution in [0.2, 0.25) is 0 Å². The smallest absolute Gasteiger partial charge is 0.174 e. The molecule has 0 aliphatic carbocycles. The first-order valence-corrected chi connectivity index (χ1v) is 9.43. The van der Waals surface area contributed by atoms with Gasteiger partial charge in [0.1, 0.15) is 22.9 Å². The van der Waals surface area contributed by atoms with Crippen molar-refractivity contribution in [2.75, 3.05) is 14.2 Å². The summed E-state index contributed by atoms with van der Waals surface area (Å²) in [5, 5.41) is 13.9.